The summed E-state index contributed by atoms with van der Waals surface area (Å²) in [5.74, 6) is 0. The Labute approximate surface area is 253 Å². The largest absolute Gasteiger partial charge is 0.359 e. The smallest absolute Gasteiger partial charge is 0.146 e. The molecule has 43 heavy (non-hydrogen) atoms. The van der Waals surface area contributed by atoms with Crippen LogP contribution < -0.4 is 5.32 Å². The molecule has 0 spiro atoms. The number of hydrogen-bond acceptors (Lipinski definition) is 2. The standard InChI is InChI=1S/C41H32N2/c1-41(2)34-20-12-11-19-33(34)38-35(41)25-31-17-9-10-18-32(31)39(38)40-42-36(29-15-7-4-8-16-29)26-37(43-40)30-23-21-28(22-24-30)27-13-5-3-6-14-27/h3-26,40,43H,1-2H3. The summed E-state index contributed by atoms with van der Waals surface area (Å²) in [5.41, 5.74) is 13.2. The average molecular weight is 553 g/mol. The Morgan fingerprint density at radius 1 is 0.581 bits per heavy atom. The van der Waals surface area contributed by atoms with Crippen LogP contribution in [0.25, 0.3) is 38.7 Å². The first kappa shape index (κ1) is 25.5. The highest BCUT2D eigenvalue weighted by Gasteiger charge is 2.39. The fraction of sp³-hybridized carbons (Fsp3) is 0.0976. The molecule has 2 heteroatoms. The minimum atomic E-state index is -0.259. The molecule has 0 bridgehead atoms. The molecule has 6 aromatic rings. The first-order valence-electron chi connectivity index (χ1n) is 15.0. The summed E-state index contributed by atoms with van der Waals surface area (Å²) < 4.78 is 0. The van der Waals surface area contributed by atoms with Crippen molar-refractivity contribution in [3.63, 3.8) is 0 Å². The van der Waals surface area contributed by atoms with Gasteiger partial charge in [-0.3, -0.25) is 4.99 Å². The van der Waals surface area contributed by atoms with Crippen LogP contribution in [0.2, 0.25) is 0 Å². The number of benzene rings is 6. The van der Waals surface area contributed by atoms with Crippen molar-refractivity contribution in [1.82, 2.24) is 5.32 Å². The second kappa shape index (κ2) is 9.96. The average Bonchev–Trinajstić information content (AvgIpc) is 3.30. The van der Waals surface area contributed by atoms with Crippen molar-refractivity contribution in [3.8, 4) is 22.3 Å². The summed E-state index contributed by atoms with van der Waals surface area (Å²) in [5, 5.41) is 6.39. The highest BCUT2D eigenvalue weighted by Crippen LogP contribution is 2.53. The third-order valence-electron chi connectivity index (χ3n) is 9.12. The minimum Gasteiger partial charge on any atom is -0.359 e. The van der Waals surface area contributed by atoms with Gasteiger partial charge >= 0.3 is 0 Å². The topological polar surface area (TPSA) is 24.4 Å². The number of allylic oxidation sites excluding steroid dienone is 1. The van der Waals surface area contributed by atoms with Crippen LogP contribution in [0, 0.1) is 0 Å². The van der Waals surface area contributed by atoms with E-state index in [2.05, 4.69) is 165 Å². The number of hydrogen-bond donors (Lipinski definition) is 1. The fourth-order valence-corrected chi connectivity index (χ4v) is 6.91. The van der Waals surface area contributed by atoms with Crippen molar-refractivity contribution in [2.45, 2.75) is 25.4 Å². The molecule has 1 aliphatic carbocycles. The second-order valence-corrected chi connectivity index (χ2v) is 12.0. The number of nitrogens with one attached hydrogen (secondary N) is 1. The summed E-state index contributed by atoms with van der Waals surface area (Å²) in [7, 11) is 0. The first-order valence-corrected chi connectivity index (χ1v) is 15.0. The molecule has 2 aliphatic rings. The van der Waals surface area contributed by atoms with Crippen molar-refractivity contribution in [2.75, 3.05) is 0 Å². The van der Waals surface area contributed by atoms with Gasteiger partial charge in [0.1, 0.15) is 6.17 Å². The summed E-state index contributed by atoms with van der Waals surface area (Å²) in [6, 6.07) is 50.0. The van der Waals surface area contributed by atoms with Crippen LogP contribution in [0.1, 0.15) is 47.8 Å². The van der Waals surface area contributed by atoms with E-state index in [1.807, 2.05) is 0 Å². The zero-order valence-electron chi connectivity index (χ0n) is 24.4. The van der Waals surface area contributed by atoms with Crippen molar-refractivity contribution < 1.29 is 0 Å². The van der Waals surface area contributed by atoms with Gasteiger partial charge < -0.3 is 5.32 Å². The maximum atomic E-state index is 5.44. The number of aliphatic imine (C=N–C) groups is 1. The Balaban J connectivity index is 1.32. The Morgan fingerprint density at radius 2 is 1.19 bits per heavy atom. The molecular formula is C41H32N2. The van der Waals surface area contributed by atoms with Gasteiger partial charge in [0.25, 0.3) is 0 Å². The van der Waals surface area contributed by atoms with Gasteiger partial charge in [-0.1, -0.05) is 147 Å². The molecular weight excluding hydrogens is 520 g/mol. The minimum absolute atomic E-state index is 0.0999. The molecule has 0 amide bonds. The molecule has 8 rings (SSSR count). The second-order valence-electron chi connectivity index (χ2n) is 12.0. The molecule has 206 valence electrons. The molecule has 1 heterocycles. The normalized spacial score (nSPS) is 16.6. The van der Waals surface area contributed by atoms with Crippen LogP contribution in [0.15, 0.2) is 151 Å². The van der Waals surface area contributed by atoms with Crippen LogP contribution in [0.5, 0.6) is 0 Å². The highest BCUT2D eigenvalue weighted by atomic mass is 15.1. The quantitative estimate of drug-likeness (QED) is 0.231. The van der Waals surface area contributed by atoms with Crippen LogP contribution >= 0.6 is 0 Å². The highest BCUT2D eigenvalue weighted by molar-refractivity contribution is 6.13. The SMILES string of the molecule is CC1(C)c2ccccc2-c2c1cc1ccccc1c2C1N=C(c2ccccc2)C=C(c2ccc(-c3ccccc3)cc2)N1. The lowest BCUT2D eigenvalue weighted by atomic mass is 9.81. The Kier molecular flexibility index (Phi) is 5.90. The lowest BCUT2D eigenvalue weighted by Gasteiger charge is -2.29. The van der Waals surface area contributed by atoms with E-state index in [0.29, 0.717) is 0 Å². The molecule has 2 nitrogen and oxygen atoms in total. The predicted molar refractivity (Wildman–Crippen MR) is 180 cm³/mol. The maximum absolute atomic E-state index is 5.44. The molecule has 1 atom stereocenters. The van der Waals surface area contributed by atoms with Gasteiger partial charge in [-0.2, -0.15) is 0 Å². The van der Waals surface area contributed by atoms with Crippen LogP contribution in [-0.2, 0) is 5.41 Å². The van der Waals surface area contributed by atoms with E-state index in [0.717, 1.165) is 22.5 Å². The van der Waals surface area contributed by atoms with Crippen LogP contribution in [0.3, 0.4) is 0 Å². The van der Waals surface area contributed by atoms with E-state index < -0.39 is 0 Å². The Morgan fingerprint density at radius 3 is 1.95 bits per heavy atom. The molecule has 1 aliphatic heterocycles. The van der Waals surface area contributed by atoms with Crippen molar-refractivity contribution in [2.24, 2.45) is 4.99 Å². The summed E-state index contributed by atoms with van der Waals surface area (Å²) in [6.07, 6.45) is 1.94. The van der Waals surface area contributed by atoms with E-state index in [-0.39, 0.29) is 11.6 Å². The van der Waals surface area contributed by atoms with E-state index in [4.69, 9.17) is 4.99 Å². The van der Waals surface area contributed by atoms with Gasteiger partial charge in [0.15, 0.2) is 0 Å². The number of nitrogens with zero attached hydrogens (tertiary/aromatic N) is 1. The van der Waals surface area contributed by atoms with E-state index >= 15 is 0 Å². The third kappa shape index (κ3) is 4.21. The molecule has 0 saturated carbocycles. The fourth-order valence-electron chi connectivity index (χ4n) is 6.91. The molecule has 1 N–H and O–H groups in total. The zero-order chi connectivity index (χ0) is 29.0. The number of fused-ring (bicyclic) bond motifs is 4. The van der Waals surface area contributed by atoms with Gasteiger partial charge in [-0.05, 0) is 67.4 Å². The molecule has 0 radical (unpaired) electrons. The number of rotatable bonds is 4. The summed E-state index contributed by atoms with van der Waals surface area (Å²) in [6.45, 7) is 4.70. The molecule has 0 saturated heterocycles. The monoisotopic (exact) mass is 552 g/mol. The Hall–Kier alpha value is -5.21. The van der Waals surface area contributed by atoms with E-state index in [9.17, 15) is 0 Å². The van der Waals surface area contributed by atoms with E-state index in [1.165, 1.54) is 49.7 Å². The summed E-state index contributed by atoms with van der Waals surface area (Å²) in [4.78, 5) is 5.44. The molecule has 0 aromatic heterocycles. The summed E-state index contributed by atoms with van der Waals surface area (Å²) >= 11 is 0. The lowest BCUT2D eigenvalue weighted by Crippen LogP contribution is -2.26. The lowest BCUT2D eigenvalue weighted by molar-refractivity contribution is 0.652. The van der Waals surface area contributed by atoms with Gasteiger partial charge in [-0.15, -0.1) is 0 Å². The van der Waals surface area contributed by atoms with Gasteiger partial charge in [-0.25, -0.2) is 0 Å². The van der Waals surface area contributed by atoms with E-state index in [1.54, 1.807) is 0 Å². The van der Waals surface area contributed by atoms with Gasteiger partial charge in [0, 0.05) is 16.7 Å². The van der Waals surface area contributed by atoms with Crippen molar-refractivity contribution in [3.05, 3.63) is 173 Å². The Bertz CT molecular complexity index is 2050. The molecule has 6 aromatic carbocycles. The predicted octanol–water partition coefficient (Wildman–Crippen LogP) is 9.95. The zero-order valence-corrected chi connectivity index (χ0v) is 24.4. The van der Waals surface area contributed by atoms with Crippen molar-refractivity contribution in [1.29, 1.82) is 0 Å². The van der Waals surface area contributed by atoms with Crippen LogP contribution in [0.4, 0.5) is 0 Å². The third-order valence-corrected chi connectivity index (χ3v) is 9.12. The first-order chi connectivity index (χ1) is 21.1. The van der Waals surface area contributed by atoms with Crippen LogP contribution in [-0.4, -0.2) is 5.71 Å². The van der Waals surface area contributed by atoms with Gasteiger partial charge in [0.05, 0.1) is 5.71 Å². The molecule has 1 unspecified atom stereocenters. The van der Waals surface area contributed by atoms with Gasteiger partial charge in [0.2, 0.25) is 0 Å². The molecule has 0 fully saturated rings. The van der Waals surface area contributed by atoms with Crippen molar-refractivity contribution >= 4 is 22.2 Å². The maximum Gasteiger partial charge on any atom is 0.146 e.